The SMILES string of the molecule is CC(C(=O)Nc1ccc(OCC2CC2)nn1)N1CCC(F)(F)C(c2ccc(=O)n(C(F)C(F)F)c2)C1. The first kappa shape index (κ1) is 26.0. The van der Waals surface area contributed by atoms with Gasteiger partial charge in [0.1, 0.15) is 0 Å². The molecule has 0 bridgehead atoms. The molecular formula is C23H26F5N5O3. The number of nitrogens with one attached hydrogen (secondary N) is 1. The first-order valence-electron chi connectivity index (χ1n) is 11.6. The molecule has 2 aromatic rings. The van der Waals surface area contributed by atoms with Crippen molar-refractivity contribution in [2.24, 2.45) is 5.92 Å². The van der Waals surface area contributed by atoms with Gasteiger partial charge in [0.15, 0.2) is 5.82 Å². The number of nitrogens with zero attached hydrogens (tertiary/aromatic N) is 4. The predicted molar refractivity (Wildman–Crippen MR) is 119 cm³/mol. The highest BCUT2D eigenvalue weighted by Crippen LogP contribution is 2.41. The van der Waals surface area contributed by atoms with Crippen molar-refractivity contribution in [1.29, 1.82) is 0 Å². The molecule has 4 rings (SSSR count). The first-order chi connectivity index (χ1) is 17.0. The number of carbonyl (C=O) groups excluding carboxylic acids is 1. The summed E-state index contributed by atoms with van der Waals surface area (Å²) in [5, 5.41) is 10.4. The van der Waals surface area contributed by atoms with E-state index in [1.54, 1.807) is 6.07 Å². The minimum Gasteiger partial charge on any atom is -0.476 e. The summed E-state index contributed by atoms with van der Waals surface area (Å²) < 4.78 is 74.6. The summed E-state index contributed by atoms with van der Waals surface area (Å²) in [6.45, 7) is 1.67. The number of rotatable bonds is 9. The molecule has 0 radical (unpaired) electrons. The fraction of sp³-hybridized carbons (Fsp3) is 0.565. The van der Waals surface area contributed by atoms with Gasteiger partial charge < -0.3 is 10.1 Å². The molecule has 0 aromatic carbocycles. The number of likely N-dealkylation sites (tertiary alicyclic amines) is 1. The van der Waals surface area contributed by atoms with Crippen LogP contribution < -0.4 is 15.6 Å². The standard InChI is InChI=1S/C23H26F5N5O3/c1-13(22(35)29-17-5-6-18(31-30-17)36-12-14-2-3-14)32-9-8-23(27,28)16(11-32)15-4-7-19(34)33(10-15)21(26)20(24)25/h4-7,10,13-14,16,20-21H,2-3,8-9,11-12H2,1H3,(H,29,30,35). The van der Waals surface area contributed by atoms with Crippen molar-refractivity contribution in [2.45, 2.75) is 56.8 Å². The molecule has 36 heavy (non-hydrogen) atoms. The molecule has 0 spiro atoms. The van der Waals surface area contributed by atoms with Crippen molar-refractivity contribution in [2.75, 3.05) is 25.0 Å². The number of aromatic nitrogens is 3. The summed E-state index contributed by atoms with van der Waals surface area (Å²) in [5.41, 5.74) is -1.24. The van der Waals surface area contributed by atoms with Crippen LogP contribution in [-0.2, 0) is 4.79 Å². The zero-order valence-corrected chi connectivity index (χ0v) is 19.4. The summed E-state index contributed by atoms with van der Waals surface area (Å²) >= 11 is 0. The third-order valence-corrected chi connectivity index (χ3v) is 6.48. The number of hydrogen-bond acceptors (Lipinski definition) is 6. The highest BCUT2D eigenvalue weighted by molar-refractivity contribution is 5.93. The van der Waals surface area contributed by atoms with Gasteiger partial charge in [0, 0.05) is 37.8 Å². The summed E-state index contributed by atoms with van der Waals surface area (Å²) in [4.78, 5) is 26.1. The Labute approximate surface area is 203 Å². The van der Waals surface area contributed by atoms with Crippen LogP contribution in [0.2, 0.25) is 0 Å². The van der Waals surface area contributed by atoms with Crippen LogP contribution in [0.1, 0.15) is 44.0 Å². The van der Waals surface area contributed by atoms with Gasteiger partial charge in [-0.1, -0.05) is 6.07 Å². The van der Waals surface area contributed by atoms with E-state index in [-0.39, 0.29) is 29.0 Å². The van der Waals surface area contributed by atoms with Crippen molar-refractivity contribution in [3.05, 3.63) is 46.4 Å². The number of amides is 1. The number of anilines is 1. The molecular weight excluding hydrogens is 489 g/mol. The Balaban J connectivity index is 1.43. The van der Waals surface area contributed by atoms with E-state index in [4.69, 9.17) is 4.74 Å². The van der Waals surface area contributed by atoms with Crippen LogP contribution >= 0.6 is 0 Å². The van der Waals surface area contributed by atoms with Crippen LogP contribution in [0, 0.1) is 5.92 Å². The lowest BCUT2D eigenvalue weighted by molar-refractivity contribution is -0.125. The Bertz CT molecular complexity index is 1130. The Hall–Kier alpha value is -3.09. The smallest absolute Gasteiger partial charge is 0.288 e. The topological polar surface area (TPSA) is 89.3 Å². The number of piperidine rings is 1. The zero-order valence-electron chi connectivity index (χ0n) is 19.4. The highest BCUT2D eigenvalue weighted by atomic mass is 19.3. The minimum absolute atomic E-state index is 0.111. The molecule has 1 saturated heterocycles. The van der Waals surface area contributed by atoms with Crippen LogP contribution in [0.5, 0.6) is 5.88 Å². The van der Waals surface area contributed by atoms with Gasteiger partial charge in [-0.05, 0) is 37.3 Å². The zero-order chi connectivity index (χ0) is 26.0. The van der Waals surface area contributed by atoms with E-state index in [0.717, 1.165) is 25.0 Å². The molecule has 1 aliphatic heterocycles. The monoisotopic (exact) mass is 515 g/mol. The van der Waals surface area contributed by atoms with Crippen LogP contribution in [0.15, 0.2) is 35.3 Å². The summed E-state index contributed by atoms with van der Waals surface area (Å²) in [6, 6.07) is 4.10. The number of ether oxygens (including phenoxy) is 1. The van der Waals surface area contributed by atoms with Crippen LogP contribution in [0.4, 0.5) is 27.8 Å². The van der Waals surface area contributed by atoms with Gasteiger partial charge in [0.25, 0.3) is 17.9 Å². The van der Waals surface area contributed by atoms with Crippen LogP contribution in [-0.4, -0.2) is 63.7 Å². The van der Waals surface area contributed by atoms with Gasteiger partial charge in [-0.15, -0.1) is 10.2 Å². The van der Waals surface area contributed by atoms with E-state index < -0.39 is 48.5 Å². The Kier molecular flexibility index (Phi) is 7.57. The molecule has 1 amide bonds. The van der Waals surface area contributed by atoms with Gasteiger partial charge in [-0.2, -0.15) is 0 Å². The molecule has 2 fully saturated rings. The number of hydrogen-bond donors (Lipinski definition) is 1. The number of pyridine rings is 1. The third kappa shape index (κ3) is 6.00. The predicted octanol–water partition coefficient (Wildman–Crippen LogP) is 3.61. The quantitative estimate of drug-likeness (QED) is 0.514. The second-order valence-electron chi connectivity index (χ2n) is 9.15. The maximum atomic E-state index is 14.8. The number of carbonyl (C=O) groups is 1. The van der Waals surface area contributed by atoms with Crippen LogP contribution in [0.25, 0.3) is 0 Å². The molecule has 196 valence electrons. The number of alkyl halides is 5. The first-order valence-corrected chi connectivity index (χ1v) is 11.6. The van der Waals surface area contributed by atoms with Gasteiger partial charge in [0.2, 0.25) is 18.1 Å². The van der Waals surface area contributed by atoms with E-state index in [1.165, 1.54) is 17.9 Å². The summed E-state index contributed by atoms with van der Waals surface area (Å²) in [6.07, 6.45) is -4.12. The average molecular weight is 515 g/mol. The van der Waals surface area contributed by atoms with E-state index in [2.05, 4.69) is 15.5 Å². The van der Waals surface area contributed by atoms with Crippen molar-refractivity contribution in [1.82, 2.24) is 19.7 Å². The van der Waals surface area contributed by atoms with Gasteiger partial charge in [-0.25, -0.2) is 22.0 Å². The average Bonchev–Trinajstić information content (AvgIpc) is 3.67. The molecule has 1 aliphatic carbocycles. The van der Waals surface area contributed by atoms with Crippen molar-refractivity contribution in [3.8, 4) is 5.88 Å². The molecule has 2 aliphatic rings. The van der Waals surface area contributed by atoms with Crippen LogP contribution in [0.3, 0.4) is 0 Å². The van der Waals surface area contributed by atoms with Crippen molar-refractivity contribution >= 4 is 11.7 Å². The molecule has 3 heterocycles. The fourth-order valence-corrected chi connectivity index (χ4v) is 4.02. The van der Waals surface area contributed by atoms with E-state index in [0.29, 0.717) is 24.6 Å². The van der Waals surface area contributed by atoms with Gasteiger partial charge in [0.05, 0.1) is 18.6 Å². The van der Waals surface area contributed by atoms with E-state index >= 15 is 0 Å². The minimum atomic E-state index is -3.49. The Morgan fingerprint density at radius 3 is 2.58 bits per heavy atom. The maximum Gasteiger partial charge on any atom is 0.288 e. The fourth-order valence-electron chi connectivity index (χ4n) is 4.02. The maximum absolute atomic E-state index is 14.8. The Morgan fingerprint density at radius 2 is 1.94 bits per heavy atom. The molecule has 8 nitrogen and oxygen atoms in total. The van der Waals surface area contributed by atoms with Crippen molar-refractivity contribution < 1.29 is 31.5 Å². The Morgan fingerprint density at radius 1 is 1.19 bits per heavy atom. The summed E-state index contributed by atoms with van der Waals surface area (Å²) in [5.74, 6) is -4.27. The lowest BCUT2D eigenvalue weighted by atomic mass is 9.87. The third-order valence-electron chi connectivity index (χ3n) is 6.48. The lowest BCUT2D eigenvalue weighted by Gasteiger charge is -2.40. The molecule has 1 N–H and O–H groups in total. The lowest BCUT2D eigenvalue weighted by Crippen LogP contribution is -2.52. The molecule has 13 heteroatoms. The normalized spacial score (nSPS) is 21.7. The largest absolute Gasteiger partial charge is 0.476 e. The summed E-state index contributed by atoms with van der Waals surface area (Å²) in [7, 11) is 0. The van der Waals surface area contributed by atoms with E-state index in [9.17, 15) is 31.5 Å². The van der Waals surface area contributed by atoms with Gasteiger partial charge in [-0.3, -0.25) is 19.1 Å². The van der Waals surface area contributed by atoms with Crippen molar-refractivity contribution in [3.63, 3.8) is 0 Å². The van der Waals surface area contributed by atoms with Gasteiger partial charge >= 0.3 is 0 Å². The molecule has 3 atom stereocenters. The number of halogens is 5. The highest BCUT2D eigenvalue weighted by Gasteiger charge is 2.46. The molecule has 2 aromatic heterocycles. The second kappa shape index (κ2) is 10.5. The second-order valence-corrected chi connectivity index (χ2v) is 9.15. The van der Waals surface area contributed by atoms with E-state index in [1.807, 2.05) is 0 Å². The molecule has 1 saturated carbocycles. The molecule has 3 unspecified atom stereocenters.